The Bertz CT molecular complexity index is 32.0. The molecule has 0 spiro atoms. The van der Waals surface area contributed by atoms with Gasteiger partial charge in [0, 0.05) is 6.61 Å². The zero-order valence-electron chi connectivity index (χ0n) is 3.19. The molecule has 1 atom stereocenters. The van der Waals surface area contributed by atoms with Gasteiger partial charge in [0.25, 0.3) is 0 Å². The van der Waals surface area contributed by atoms with Crippen molar-refractivity contribution < 1.29 is 5.11 Å². The molecule has 0 aromatic carbocycles. The first-order valence-corrected chi connectivity index (χ1v) is 3.34. The van der Waals surface area contributed by atoms with Crippen LogP contribution in [-0.4, -0.2) is 15.1 Å². The van der Waals surface area contributed by atoms with Gasteiger partial charge in [-0.15, -0.1) is 11.6 Å². The third kappa shape index (κ3) is 4.98. The molecule has 0 amide bonds. The first kappa shape index (κ1) is 6.98. The minimum Gasteiger partial charge on any atom is -0.396 e. The number of alkyl halides is 2. The fourth-order valence-corrected chi connectivity index (χ4v) is 0.474. The van der Waals surface area contributed by atoms with E-state index in [1.54, 1.807) is 0 Å². The predicted octanol–water partition coefficient (Wildman–Crippen LogP) is 1.37. The Morgan fingerprint density at radius 3 is 2.33 bits per heavy atom. The average molecular weight is 220 g/mol. The highest BCUT2D eigenvalue weighted by Gasteiger charge is 1.91. The normalized spacial score (nSPS) is 14.5. The molecule has 0 heterocycles. The third-order valence-electron chi connectivity index (χ3n) is 0.347. The van der Waals surface area contributed by atoms with Gasteiger partial charge in [0.15, 0.2) is 0 Å². The summed E-state index contributed by atoms with van der Waals surface area (Å²) in [6, 6.07) is 0. The average Bonchev–Trinajstić information content (AvgIpc) is 1.35. The van der Waals surface area contributed by atoms with Crippen molar-refractivity contribution in [2.75, 3.05) is 6.61 Å². The summed E-state index contributed by atoms with van der Waals surface area (Å²) in [6.07, 6.45) is 0.683. The lowest BCUT2D eigenvalue weighted by Crippen LogP contribution is -1.88. The van der Waals surface area contributed by atoms with Crippen LogP contribution in [0.1, 0.15) is 6.42 Å². The Morgan fingerprint density at radius 2 is 2.33 bits per heavy atom. The second kappa shape index (κ2) is 4.15. The molecule has 3 heteroatoms. The number of aliphatic hydroxyl groups excluding tert-OH is 1. The van der Waals surface area contributed by atoms with Crippen LogP contribution in [0.3, 0.4) is 0 Å². The van der Waals surface area contributed by atoms with E-state index in [9.17, 15) is 0 Å². The van der Waals surface area contributed by atoms with Gasteiger partial charge < -0.3 is 5.11 Å². The fourth-order valence-electron chi connectivity index (χ4n) is 0.0976. The monoisotopic (exact) mass is 220 g/mol. The van der Waals surface area contributed by atoms with E-state index in [1.165, 1.54) is 0 Å². The summed E-state index contributed by atoms with van der Waals surface area (Å²) in [5.74, 6) is 0. The van der Waals surface area contributed by atoms with Crippen LogP contribution < -0.4 is 0 Å². The standard InChI is InChI=1S/C3H6ClIO/c4-3(5)1-2-6/h3,6H,1-2H2. The maximum atomic E-state index is 8.15. The molecular formula is C3H6ClIO. The molecule has 0 saturated carbocycles. The lowest BCUT2D eigenvalue weighted by Gasteiger charge is -1.90. The van der Waals surface area contributed by atoms with Crippen LogP contribution >= 0.6 is 34.2 Å². The highest BCUT2D eigenvalue weighted by molar-refractivity contribution is 14.1. The largest absolute Gasteiger partial charge is 0.396 e. The molecule has 0 rings (SSSR count). The van der Waals surface area contributed by atoms with Gasteiger partial charge in [0.1, 0.15) is 0 Å². The van der Waals surface area contributed by atoms with Crippen molar-refractivity contribution in [1.29, 1.82) is 0 Å². The van der Waals surface area contributed by atoms with E-state index >= 15 is 0 Å². The number of hydrogen-bond donors (Lipinski definition) is 1. The van der Waals surface area contributed by atoms with E-state index < -0.39 is 0 Å². The molecule has 0 fully saturated rings. The molecule has 0 aliphatic heterocycles. The lowest BCUT2D eigenvalue weighted by atomic mass is 10.5. The Labute approximate surface area is 55.8 Å². The van der Waals surface area contributed by atoms with Crippen LogP contribution in [0.4, 0.5) is 0 Å². The Hall–Kier alpha value is 0.980. The van der Waals surface area contributed by atoms with Gasteiger partial charge in [-0.25, -0.2) is 0 Å². The van der Waals surface area contributed by atoms with Crippen molar-refractivity contribution in [2.45, 2.75) is 9.80 Å². The molecule has 38 valence electrons. The Morgan fingerprint density at radius 1 is 1.83 bits per heavy atom. The van der Waals surface area contributed by atoms with E-state index in [4.69, 9.17) is 16.7 Å². The van der Waals surface area contributed by atoms with Crippen molar-refractivity contribution >= 4 is 34.2 Å². The molecule has 0 aliphatic carbocycles. The summed E-state index contributed by atoms with van der Waals surface area (Å²) in [5, 5.41) is 8.15. The first-order chi connectivity index (χ1) is 2.77. The third-order valence-corrected chi connectivity index (χ3v) is 1.19. The number of rotatable bonds is 2. The summed E-state index contributed by atoms with van der Waals surface area (Å²) in [5.41, 5.74) is 0. The smallest absolute Gasteiger partial charge is 0.0872 e. The van der Waals surface area contributed by atoms with Crippen molar-refractivity contribution in [2.24, 2.45) is 0 Å². The van der Waals surface area contributed by atoms with Crippen LogP contribution in [0, 0.1) is 0 Å². The lowest BCUT2D eigenvalue weighted by molar-refractivity contribution is 0.294. The topological polar surface area (TPSA) is 20.2 Å². The quantitative estimate of drug-likeness (QED) is 0.550. The van der Waals surface area contributed by atoms with Gasteiger partial charge in [-0.2, -0.15) is 0 Å². The van der Waals surface area contributed by atoms with E-state index in [2.05, 4.69) is 0 Å². The zero-order chi connectivity index (χ0) is 4.99. The second-order valence-corrected chi connectivity index (χ2v) is 3.67. The summed E-state index contributed by atoms with van der Waals surface area (Å²) < 4.78 is 0.0904. The minimum atomic E-state index is 0.0904. The van der Waals surface area contributed by atoms with Gasteiger partial charge in [-0.1, -0.05) is 22.6 Å². The van der Waals surface area contributed by atoms with Crippen molar-refractivity contribution in [3.63, 3.8) is 0 Å². The van der Waals surface area contributed by atoms with E-state index in [-0.39, 0.29) is 9.99 Å². The van der Waals surface area contributed by atoms with Crippen molar-refractivity contribution in [3.05, 3.63) is 0 Å². The molecule has 0 saturated heterocycles. The molecular weight excluding hydrogens is 214 g/mol. The van der Waals surface area contributed by atoms with Crippen molar-refractivity contribution in [3.8, 4) is 0 Å². The van der Waals surface area contributed by atoms with Crippen LogP contribution in [0.5, 0.6) is 0 Å². The predicted molar refractivity (Wildman–Crippen MR) is 35.4 cm³/mol. The van der Waals surface area contributed by atoms with Gasteiger partial charge >= 0.3 is 0 Å². The maximum absolute atomic E-state index is 8.15. The Balaban J connectivity index is 2.63. The number of hydrogen-bond acceptors (Lipinski definition) is 1. The minimum absolute atomic E-state index is 0.0904. The highest BCUT2D eigenvalue weighted by Crippen LogP contribution is 2.08. The molecule has 0 aromatic rings. The number of halogens is 2. The van der Waals surface area contributed by atoms with Gasteiger partial charge in [-0.3, -0.25) is 0 Å². The SMILES string of the molecule is OCCC(Cl)I. The van der Waals surface area contributed by atoms with Crippen LogP contribution in [0.15, 0.2) is 0 Å². The molecule has 0 radical (unpaired) electrons. The van der Waals surface area contributed by atoms with Gasteiger partial charge in [0.05, 0.1) is 3.38 Å². The van der Waals surface area contributed by atoms with Crippen LogP contribution in [0.2, 0.25) is 0 Å². The van der Waals surface area contributed by atoms with Crippen LogP contribution in [0.25, 0.3) is 0 Å². The van der Waals surface area contributed by atoms with Crippen LogP contribution in [-0.2, 0) is 0 Å². The maximum Gasteiger partial charge on any atom is 0.0872 e. The summed E-state index contributed by atoms with van der Waals surface area (Å²) in [4.78, 5) is 0. The Kier molecular flexibility index (Phi) is 4.82. The molecule has 6 heavy (non-hydrogen) atoms. The van der Waals surface area contributed by atoms with E-state index in [1.807, 2.05) is 22.6 Å². The molecule has 0 bridgehead atoms. The first-order valence-electron chi connectivity index (χ1n) is 1.66. The van der Waals surface area contributed by atoms with Gasteiger partial charge in [-0.05, 0) is 6.42 Å². The summed E-state index contributed by atoms with van der Waals surface area (Å²) in [7, 11) is 0. The summed E-state index contributed by atoms with van der Waals surface area (Å²) >= 11 is 7.45. The van der Waals surface area contributed by atoms with E-state index in [0.717, 1.165) is 0 Å². The van der Waals surface area contributed by atoms with Crippen molar-refractivity contribution in [1.82, 2.24) is 0 Å². The summed E-state index contributed by atoms with van der Waals surface area (Å²) in [6.45, 7) is 0.192. The molecule has 1 nitrogen and oxygen atoms in total. The second-order valence-electron chi connectivity index (χ2n) is 0.903. The number of aliphatic hydroxyl groups is 1. The molecule has 0 aliphatic rings. The fraction of sp³-hybridized carbons (Fsp3) is 1.00. The molecule has 1 unspecified atom stereocenters. The molecule has 1 N–H and O–H groups in total. The highest BCUT2D eigenvalue weighted by atomic mass is 127. The zero-order valence-corrected chi connectivity index (χ0v) is 6.11. The van der Waals surface area contributed by atoms with Gasteiger partial charge in [0.2, 0.25) is 0 Å². The van der Waals surface area contributed by atoms with E-state index in [0.29, 0.717) is 6.42 Å². The molecule has 0 aromatic heterocycles.